The van der Waals surface area contributed by atoms with Crippen LogP contribution in [0.4, 0.5) is 0 Å². The van der Waals surface area contributed by atoms with Gasteiger partial charge in [0.15, 0.2) is 0 Å². The minimum atomic E-state index is -0.135. The molecule has 1 N–H and O–H groups in total. The molecule has 1 aliphatic heterocycles. The number of nitrogens with zero attached hydrogens (tertiary/aromatic N) is 1. The van der Waals surface area contributed by atoms with E-state index in [2.05, 4.69) is 36.1 Å². The Labute approximate surface area is 141 Å². The van der Waals surface area contributed by atoms with Gasteiger partial charge >= 0.3 is 0 Å². The summed E-state index contributed by atoms with van der Waals surface area (Å²) in [4.78, 5) is 2.46. The molecule has 1 saturated carbocycles. The average molecular weight is 319 g/mol. The number of β-amino-alcohol motifs (C(OH)–C–C–N with tert-alkyl or cyclic N) is 1. The summed E-state index contributed by atoms with van der Waals surface area (Å²) in [5.74, 6) is 0. The second-order valence-electron chi connectivity index (χ2n) is 6.70. The number of allylic oxidation sites excluding steroid dienone is 5. The van der Waals surface area contributed by atoms with Gasteiger partial charge in [0.25, 0.3) is 0 Å². The van der Waals surface area contributed by atoms with Crippen LogP contribution >= 0.6 is 0 Å². The van der Waals surface area contributed by atoms with Crippen molar-refractivity contribution in [3.63, 3.8) is 0 Å². The van der Waals surface area contributed by atoms with Gasteiger partial charge in [-0.1, -0.05) is 48.8 Å². The number of hydrogen-bond donors (Lipinski definition) is 1. The number of likely N-dealkylation sites (tertiary alicyclic amines) is 1. The summed E-state index contributed by atoms with van der Waals surface area (Å²) in [5.41, 5.74) is 1.33. The standard InChI is InChI=1S/C20H33NO2/c1-3-5-6-9-17(4-2)13-15-23-20-11-8-7-10-19(20)21-14-12-18(22)16-21/h3-6,9,18-20,22H,7-8,10-16H2,1-2H3/b5-3-,9-6-,17-4+/t18-,19-,20+/m0/s1. The zero-order valence-corrected chi connectivity index (χ0v) is 14.8. The van der Waals surface area contributed by atoms with E-state index in [0.717, 1.165) is 39.0 Å². The first-order valence-corrected chi connectivity index (χ1v) is 9.23. The van der Waals surface area contributed by atoms with Crippen LogP contribution in [0.5, 0.6) is 0 Å². The molecule has 3 heteroatoms. The Bertz CT molecular complexity index is 427. The highest BCUT2D eigenvalue weighted by Gasteiger charge is 2.34. The molecule has 0 unspecified atom stereocenters. The summed E-state index contributed by atoms with van der Waals surface area (Å²) in [6.45, 7) is 6.76. The zero-order chi connectivity index (χ0) is 16.5. The third-order valence-electron chi connectivity index (χ3n) is 5.04. The summed E-state index contributed by atoms with van der Waals surface area (Å²) in [6.07, 6.45) is 17.6. The molecule has 3 atom stereocenters. The van der Waals surface area contributed by atoms with Gasteiger partial charge in [0.1, 0.15) is 0 Å². The van der Waals surface area contributed by atoms with E-state index in [-0.39, 0.29) is 6.10 Å². The van der Waals surface area contributed by atoms with Crippen LogP contribution in [-0.2, 0) is 4.74 Å². The van der Waals surface area contributed by atoms with E-state index in [4.69, 9.17) is 4.74 Å². The normalized spacial score (nSPS) is 30.7. The monoisotopic (exact) mass is 319 g/mol. The molecule has 23 heavy (non-hydrogen) atoms. The fourth-order valence-corrected chi connectivity index (χ4v) is 3.70. The lowest BCUT2D eigenvalue weighted by molar-refractivity contribution is -0.0314. The summed E-state index contributed by atoms with van der Waals surface area (Å²) in [5, 5.41) is 9.80. The van der Waals surface area contributed by atoms with Crippen LogP contribution in [0.1, 0.15) is 52.4 Å². The Kier molecular flexibility index (Phi) is 8.07. The van der Waals surface area contributed by atoms with Gasteiger partial charge in [0.2, 0.25) is 0 Å². The third-order valence-corrected chi connectivity index (χ3v) is 5.04. The van der Waals surface area contributed by atoms with Gasteiger partial charge in [-0.25, -0.2) is 0 Å². The SMILES string of the molecule is C\C=C/C=C\C(=C/C)CCO[C@@H]1CCCC[C@@H]1N1CC[C@H](O)C1. The van der Waals surface area contributed by atoms with E-state index in [1.807, 2.05) is 13.0 Å². The molecule has 0 aromatic heterocycles. The van der Waals surface area contributed by atoms with E-state index in [1.54, 1.807) is 0 Å². The van der Waals surface area contributed by atoms with E-state index in [0.29, 0.717) is 12.1 Å². The van der Waals surface area contributed by atoms with Gasteiger partial charge in [-0.3, -0.25) is 4.90 Å². The summed E-state index contributed by atoms with van der Waals surface area (Å²) in [7, 11) is 0. The molecular formula is C20H33NO2. The Balaban J connectivity index is 1.80. The third kappa shape index (κ3) is 5.91. The fourth-order valence-electron chi connectivity index (χ4n) is 3.70. The first-order valence-electron chi connectivity index (χ1n) is 9.23. The number of aliphatic hydroxyl groups excluding tert-OH is 1. The Hall–Kier alpha value is -0.900. The smallest absolute Gasteiger partial charge is 0.0730 e. The number of rotatable bonds is 7. The molecular weight excluding hydrogens is 286 g/mol. The first-order chi connectivity index (χ1) is 11.2. The molecule has 0 aromatic rings. The lowest BCUT2D eigenvalue weighted by Crippen LogP contribution is -2.46. The zero-order valence-electron chi connectivity index (χ0n) is 14.8. The summed E-state index contributed by atoms with van der Waals surface area (Å²) in [6, 6.07) is 0.508. The van der Waals surface area contributed by atoms with Crippen molar-refractivity contribution in [1.29, 1.82) is 0 Å². The van der Waals surface area contributed by atoms with Gasteiger partial charge < -0.3 is 9.84 Å². The topological polar surface area (TPSA) is 32.7 Å². The number of ether oxygens (including phenoxy) is 1. The maximum absolute atomic E-state index is 9.80. The van der Waals surface area contributed by atoms with E-state index >= 15 is 0 Å². The molecule has 2 fully saturated rings. The van der Waals surface area contributed by atoms with E-state index in [9.17, 15) is 5.11 Å². The van der Waals surface area contributed by atoms with Crippen LogP contribution < -0.4 is 0 Å². The first kappa shape index (κ1) is 18.4. The largest absolute Gasteiger partial charge is 0.392 e. The van der Waals surface area contributed by atoms with Crippen LogP contribution in [-0.4, -0.2) is 48.0 Å². The van der Waals surface area contributed by atoms with Gasteiger partial charge in [-0.05, 0) is 39.5 Å². The van der Waals surface area contributed by atoms with E-state index < -0.39 is 0 Å². The van der Waals surface area contributed by atoms with Crippen LogP contribution in [0.15, 0.2) is 36.0 Å². The molecule has 2 aliphatic rings. The van der Waals surface area contributed by atoms with Crippen molar-refractivity contribution in [2.45, 2.75) is 70.6 Å². The van der Waals surface area contributed by atoms with Gasteiger partial charge in [-0.2, -0.15) is 0 Å². The van der Waals surface area contributed by atoms with Gasteiger partial charge in [0.05, 0.1) is 18.8 Å². The highest BCUT2D eigenvalue weighted by Crippen LogP contribution is 2.28. The maximum atomic E-state index is 9.80. The molecule has 0 radical (unpaired) electrons. The average Bonchev–Trinajstić information content (AvgIpc) is 3.00. The Morgan fingerprint density at radius 3 is 2.70 bits per heavy atom. The second kappa shape index (κ2) is 10.1. The van der Waals surface area contributed by atoms with E-state index in [1.165, 1.54) is 24.8 Å². The van der Waals surface area contributed by atoms with Crippen molar-refractivity contribution in [3.05, 3.63) is 36.0 Å². The molecule has 0 bridgehead atoms. The molecule has 2 rings (SSSR count). The van der Waals surface area contributed by atoms with Crippen molar-refractivity contribution < 1.29 is 9.84 Å². The molecule has 1 saturated heterocycles. The predicted octanol–water partition coefficient (Wildman–Crippen LogP) is 3.85. The molecule has 0 aromatic carbocycles. The van der Waals surface area contributed by atoms with Crippen molar-refractivity contribution in [2.75, 3.05) is 19.7 Å². The fraction of sp³-hybridized carbons (Fsp3) is 0.700. The molecule has 1 aliphatic carbocycles. The van der Waals surface area contributed by atoms with Crippen molar-refractivity contribution in [2.24, 2.45) is 0 Å². The molecule has 3 nitrogen and oxygen atoms in total. The number of aliphatic hydroxyl groups is 1. The number of hydrogen-bond acceptors (Lipinski definition) is 3. The van der Waals surface area contributed by atoms with Crippen LogP contribution in [0.2, 0.25) is 0 Å². The molecule has 130 valence electrons. The van der Waals surface area contributed by atoms with Crippen LogP contribution in [0.3, 0.4) is 0 Å². The molecule has 0 spiro atoms. The summed E-state index contributed by atoms with van der Waals surface area (Å²) < 4.78 is 6.27. The summed E-state index contributed by atoms with van der Waals surface area (Å²) >= 11 is 0. The highest BCUT2D eigenvalue weighted by molar-refractivity contribution is 5.21. The maximum Gasteiger partial charge on any atom is 0.0730 e. The lowest BCUT2D eigenvalue weighted by atomic mass is 9.91. The second-order valence-corrected chi connectivity index (χ2v) is 6.70. The molecule has 1 heterocycles. The van der Waals surface area contributed by atoms with Gasteiger partial charge in [0, 0.05) is 19.1 Å². The quantitative estimate of drug-likeness (QED) is 0.724. The highest BCUT2D eigenvalue weighted by atomic mass is 16.5. The van der Waals surface area contributed by atoms with Gasteiger partial charge in [-0.15, -0.1) is 0 Å². The molecule has 0 amide bonds. The van der Waals surface area contributed by atoms with Crippen molar-refractivity contribution in [1.82, 2.24) is 4.90 Å². The van der Waals surface area contributed by atoms with Crippen molar-refractivity contribution in [3.8, 4) is 0 Å². The van der Waals surface area contributed by atoms with Crippen LogP contribution in [0, 0.1) is 0 Å². The van der Waals surface area contributed by atoms with Crippen LogP contribution in [0.25, 0.3) is 0 Å². The Morgan fingerprint density at radius 1 is 1.17 bits per heavy atom. The minimum absolute atomic E-state index is 0.135. The Morgan fingerprint density at radius 2 is 2.00 bits per heavy atom. The lowest BCUT2D eigenvalue weighted by Gasteiger charge is -2.37. The van der Waals surface area contributed by atoms with Crippen molar-refractivity contribution >= 4 is 0 Å². The minimum Gasteiger partial charge on any atom is -0.392 e. The predicted molar refractivity (Wildman–Crippen MR) is 96.5 cm³/mol.